The van der Waals surface area contributed by atoms with Crippen molar-refractivity contribution in [3.8, 4) is 10.7 Å². The van der Waals surface area contributed by atoms with Crippen molar-refractivity contribution in [1.29, 1.82) is 0 Å². The maximum Gasteiger partial charge on any atom is 0.346 e. The van der Waals surface area contributed by atoms with Crippen LogP contribution >= 0.6 is 22.9 Å². The zero-order chi connectivity index (χ0) is 21.4. The zero-order valence-corrected chi connectivity index (χ0v) is 18.8. The van der Waals surface area contributed by atoms with E-state index >= 15 is 0 Å². The molecule has 0 unspecified atom stereocenters. The van der Waals surface area contributed by atoms with Gasteiger partial charge in [0.1, 0.15) is 0 Å². The SMILES string of the molecule is O=C(NCCn1nc(-c2cccs2)n(C2CC2)c1=O)C1(c2ccc(Cl)cc2)CCCC1. The highest BCUT2D eigenvalue weighted by molar-refractivity contribution is 7.13. The Hall–Kier alpha value is -2.38. The summed E-state index contributed by atoms with van der Waals surface area (Å²) in [5, 5.41) is 10.4. The molecule has 1 N–H and O–H groups in total. The largest absolute Gasteiger partial charge is 0.353 e. The first-order chi connectivity index (χ1) is 15.1. The predicted molar refractivity (Wildman–Crippen MR) is 123 cm³/mol. The number of hydrogen-bond acceptors (Lipinski definition) is 4. The van der Waals surface area contributed by atoms with Crippen molar-refractivity contribution >= 4 is 28.8 Å². The maximum absolute atomic E-state index is 13.2. The van der Waals surface area contributed by atoms with Gasteiger partial charge in [-0.05, 0) is 54.8 Å². The lowest BCUT2D eigenvalue weighted by atomic mass is 9.78. The molecule has 6 nitrogen and oxygen atoms in total. The smallest absolute Gasteiger partial charge is 0.346 e. The minimum Gasteiger partial charge on any atom is -0.353 e. The van der Waals surface area contributed by atoms with E-state index < -0.39 is 5.41 Å². The monoisotopic (exact) mass is 456 g/mol. The van der Waals surface area contributed by atoms with Crippen molar-refractivity contribution in [2.75, 3.05) is 6.54 Å². The van der Waals surface area contributed by atoms with Crippen molar-refractivity contribution in [2.24, 2.45) is 0 Å². The van der Waals surface area contributed by atoms with Crippen LogP contribution in [0.2, 0.25) is 5.02 Å². The Balaban J connectivity index is 1.32. The van der Waals surface area contributed by atoms with Crippen LogP contribution in [0, 0.1) is 0 Å². The first kappa shape index (κ1) is 20.5. The van der Waals surface area contributed by atoms with Gasteiger partial charge in [-0.3, -0.25) is 9.36 Å². The molecule has 2 aliphatic carbocycles. The van der Waals surface area contributed by atoms with Crippen molar-refractivity contribution in [3.63, 3.8) is 0 Å². The Morgan fingerprint density at radius 1 is 1.19 bits per heavy atom. The summed E-state index contributed by atoms with van der Waals surface area (Å²) in [5.41, 5.74) is 0.418. The Bertz CT molecular complexity index is 1120. The first-order valence-electron chi connectivity index (χ1n) is 10.9. The summed E-state index contributed by atoms with van der Waals surface area (Å²) < 4.78 is 3.32. The molecule has 0 saturated heterocycles. The van der Waals surface area contributed by atoms with Gasteiger partial charge in [0, 0.05) is 17.6 Å². The standard InChI is InChI=1S/C23H25ClN4O2S/c24-17-7-5-16(6-8-17)23(11-1-2-12-23)21(29)25-13-14-27-22(30)28(18-9-10-18)20(26-27)19-4-3-15-31-19/h3-8,15,18H,1-2,9-14H2,(H,25,29). The number of carbonyl (C=O) groups excluding carboxylic acids is 1. The highest BCUT2D eigenvalue weighted by Crippen LogP contribution is 2.41. The molecule has 2 aromatic heterocycles. The molecular formula is C23H25ClN4O2S. The summed E-state index contributed by atoms with van der Waals surface area (Å²) in [6.07, 6.45) is 5.77. The van der Waals surface area contributed by atoms with Crippen LogP contribution in [0.25, 0.3) is 10.7 Å². The summed E-state index contributed by atoms with van der Waals surface area (Å²) in [6, 6.07) is 11.8. The molecule has 162 valence electrons. The van der Waals surface area contributed by atoms with E-state index in [-0.39, 0.29) is 17.6 Å². The van der Waals surface area contributed by atoms with Gasteiger partial charge in [0.05, 0.1) is 16.8 Å². The normalized spacial score (nSPS) is 17.7. The number of nitrogens with zero attached hydrogens (tertiary/aromatic N) is 3. The molecule has 1 amide bonds. The Kier molecular flexibility index (Phi) is 5.48. The van der Waals surface area contributed by atoms with E-state index in [9.17, 15) is 9.59 Å². The summed E-state index contributed by atoms with van der Waals surface area (Å²) in [4.78, 5) is 27.2. The Morgan fingerprint density at radius 2 is 1.94 bits per heavy atom. The minimum absolute atomic E-state index is 0.0282. The number of nitrogens with one attached hydrogen (secondary N) is 1. The molecule has 5 rings (SSSR count). The molecule has 2 aliphatic rings. The number of thiophene rings is 1. The molecule has 31 heavy (non-hydrogen) atoms. The van der Waals surface area contributed by atoms with Crippen molar-refractivity contribution < 1.29 is 4.79 Å². The summed E-state index contributed by atoms with van der Waals surface area (Å²) >= 11 is 7.63. The van der Waals surface area contributed by atoms with Gasteiger partial charge in [-0.1, -0.05) is 42.6 Å². The number of carbonyl (C=O) groups is 1. The molecule has 2 fully saturated rings. The molecule has 2 heterocycles. The van der Waals surface area contributed by atoms with E-state index in [1.807, 2.05) is 46.3 Å². The number of rotatable bonds is 7. The molecule has 3 aromatic rings. The highest BCUT2D eigenvalue weighted by atomic mass is 35.5. The second kappa shape index (κ2) is 8.28. The lowest BCUT2D eigenvalue weighted by Crippen LogP contribution is -2.44. The van der Waals surface area contributed by atoms with E-state index in [4.69, 9.17) is 11.6 Å². The molecule has 1 aromatic carbocycles. The molecule has 0 atom stereocenters. The molecule has 0 bridgehead atoms. The third-order valence-corrected chi connectivity index (χ3v) is 7.54. The van der Waals surface area contributed by atoms with Crippen molar-refractivity contribution in [3.05, 3.63) is 62.8 Å². The number of aromatic nitrogens is 3. The third kappa shape index (κ3) is 3.85. The maximum atomic E-state index is 13.2. The highest BCUT2D eigenvalue weighted by Gasteiger charge is 2.42. The second-order valence-electron chi connectivity index (χ2n) is 8.46. The lowest BCUT2D eigenvalue weighted by molar-refractivity contribution is -0.126. The van der Waals surface area contributed by atoms with E-state index in [2.05, 4.69) is 10.4 Å². The summed E-state index contributed by atoms with van der Waals surface area (Å²) in [6.45, 7) is 0.735. The first-order valence-corrected chi connectivity index (χ1v) is 12.1. The van der Waals surface area contributed by atoms with Gasteiger partial charge < -0.3 is 5.32 Å². The van der Waals surface area contributed by atoms with Crippen LogP contribution in [0.5, 0.6) is 0 Å². The van der Waals surface area contributed by atoms with Gasteiger partial charge in [-0.25, -0.2) is 9.48 Å². The number of hydrogen-bond donors (Lipinski definition) is 1. The molecule has 8 heteroatoms. The van der Waals surface area contributed by atoms with E-state index in [0.29, 0.717) is 18.1 Å². The van der Waals surface area contributed by atoms with Gasteiger partial charge >= 0.3 is 5.69 Å². The fourth-order valence-corrected chi connectivity index (χ4v) is 5.47. The van der Waals surface area contributed by atoms with E-state index in [1.54, 1.807) is 11.3 Å². The van der Waals surface area contributed by atoms with Gasteiger partial charge in [-0.2, -0.15) is 0 Å². The van der Waals surface area contributed by atoms with Gasteiger partial charge in [-0.15, -0.1) is 16.4 Å². The molecule has 0 aliphatic heterocycles. The Labute approximate surface area is 189 Å². The van der Waals surface area contributed by atoms with Crippen LogP contribution < -0.4 is 11.0 Å². The average molecular weight is 457 g/mol. The van der Waals surface area contributed by atoms with Crippen molar-refractivity contribution in [2.45, 2.75) is 56.5 Å². The van der Waals surface area contributed by atoms with E-state index in [1.165, 1.54) is 4.68 Å². The van der Waals surface area contributed by atoms with Crippen LogP contribution in [-0.4, -0.2) is 26.8 Å². The molecule has 0 spiro atoms. The second-order valence-corrected chi connectivity index (χ2v) is 9.84. The lowest BCUT2D eigenvalue weighted by Gasteiger charge is -2.28. The zero-order valence-electron chi connectivity index (χ0n) is 17.2. The van der Waals surface area contributed by atoms with Crippen LogP contribution in [0.3, 0.4) is 0 Å². The van der Waals surface area contributed by atoms with E-state index in [0.717, 1.165) is 54.8 Å². The third-order valence-electron chi connectivity index (χ3n) is 6.42. The van der Waals surface area contributed by atoms with Crippen LogP contribution in [0.15, 0.2) is 46.6 Å². The number of amides is 1. The van der Waals surface area contributed by atoms with Crippen LogP contribution in [0.4, 0.5) is 0 Å². The Morgan fingerprint density at radius 3 is 2.58 bits per heavy atom. The topological polar surface area (TPSA) is 68.9 Å². The van der Waals surface area contributed by atoms with Gasteiger partial charge in [0.2, 0.25) is 5.91 Å². The quantitative estimate of drug-likeness (QED) is 0.573. The van der Waals surface area contributed by atoms with Crippen LogP contribution in [-0.2, 0) is 16.8 Å². The fourth-order valence-electron chi connectivity index (χ4n) is 4.64. The van der Waals surface area contributed by atoms with Gasteiger partial charge in [0.25, 0.3) is 0 Å². The number of benzene rings is 1. The molecule has 0 radical (unpaired) electrons. The number of halogens is 1. The molecule has 2 saturated carbocycles. The van der Waals surface area contributed by atoms with Crippen molar-refractivity contribution in [1.82, 2.24) is 19.7 Å². The molecular weight excluding hydrogens is 432 g/mol. The fraction of sp³-hybridized carbons (Fsp3) is 0.435. The van der Waals surface area contributed by atoms with Crippen LogP contribution in [0.1, 0.15) is 50.1 Å². The minimum atomic E-state index is -0.509. The average Bonchev–Trinajstić information content (AvgIpc) is 3.18. The van der Waals surface area contributed by atoms with Gasteiger partial charge in [0.15, 0.2) is 5.82 Å². The summed E-state index contributed by atoms with van der Waals surface area (Å²) in [5.74, 6) is 0.766. The predicted octanol–water partition coefficient (Wildman–Crippen LogP) is 4.39. The summed E-state index contributed by atoms with van der Waals surface area (Å²) in [7, 11) is 0.